The van der Waals surface area contributed by atoms with E-state index in [1.165, 1.54) is 27.8 Å². The highest BCUT2D eigenvalue weighted by molar-refractivity contribution is 7.94. The van der Waals surface area contributed by atoms with Crippen LogP contribution in [0.5, 0.6) is 0 Å². The molecule has 2 aromatic rings. The van der Waals surface area contributed by atoms with Gasteiger partial charge in [0.25, 0.3) is 10.0 Å². The highest BCUT2D eigenvalue weighted by atomic mass is 32.2. The normalized spacial score (nSPS) is 18.0. The van der Waals surface area contributed by atoms with Crippen LogP contribution >= 0.6 is 11.3 Å². The van der Waals surface area contributed by atoms with E-state index in [0.717, 1.165) is 11.3 Å². The van der Waals surface area contributed by atoms with Crippen molar-refractivity contribution in [3.05, 3.63) is 46.6 Å². The third-order valence-corrected chi connectivity index (χ3v) is 7.71. The summed E-state index contributed by atoms with van der Waals surface area (Å²) in [5.74, 6) is -0.344. The zero-order chi connectivity index (χ0) is 17.3. The Balaban J connectivity index is 2.08. The van der Waals surface area contributed by atoms with E-state index < -0.39 is 10.0 Å². The number of ether oxygens (including phenoxy) is 1. The number of nitrogens with zero attached hydrogens (tertiary/aromatic N) is 1. The molecule has 1 aliphatic rings. The van der Waals surface area contributed by atoms with E-state index in [2.05, 4.69) is 0 Å². The minimum atomic E-state index is -3.71. The van der Waals surface area contributed by atoms with Crippen LogP contribution in [0.4, 0.5) is 10.1 Å². The van der Waals surface area contributed by atoms with Crippen LogP contribution in [0.15, 0.2) is 34.5 Å². The van der Waals surface area contributed by atoms with Gasteiger partial charge in [-0.1, -0.05) is 6.92 Å². The van der Waals surface area contributed by atoms with Gasteiger partial charge < -0.3 is 4.74 Å². The van der Waals surface area contributed by atoms with E-state index in [4.69, 9.17) is 4.74 Å². The summed E-state index contributed by atoms with van der Waals surface area (Å²) in [6.07, 6.45) is 1.42. The summed E-state index contributed by atoms with van der Waals surface area (Å²) < 4.78 is 47.2. The molecule has 0 bridgehead atoms. The van der Waals surface area contributed by atoms with Crippen molar-refractivity contribution in [2.24, 2.45) is 0 Å². The number of rotatable bonds is 5. The zero-order valence-corrected chi connectivity index (χ0v) is 15.3. The molecule has 0 unspecified atom stereocenters. The van der Waals surface area contributed by atoms with Crippen molar-refractivity contribution < 1.29 is 17.5 Å². The first-order valence-corrected chi connectivity index (χ1v) is 10.2. The first-order chi connectivity index (χ1) is 11.4. The molecule has 0 radical (unpaired) electrons. The van der Waals surface area contributed by atoms with Crippen molar-refractivity contribution in [2.75, 3.05) is 17.5 Å². The summed E-state index contributed by atoms with van der Waals surface area (Å²) >= 11 is 1.28. The summed E-state index contributed by atoms with van der Waals surface area (Å²) in [6, 6.07) is 7.64. The molecule has 0 N–H and O–H groups in total. The smallest absolute Gasteiger partial charge is 0.274 e. The van der Waals surface area contributed by atoms with E-state index in [1.54, 1.807) is 19.1 Å². The van der Waals surface area contributed by atoms with Gasteiger partial charge in [0.15, 0.2) is 0 Å². The van der Waals surface area contributed by atoms with E-state index >= 15 is 0 Å². The van der Waals surface area contributed by atoms with Crippen LogP contribution in [0.25, 0.3) is 0 Å². The molecule has 24 heavy (non-hydrogen) atoms. The highest BCUT2D eigenvalue weighted by Crippen LogP contribution is 2.33. The fourth-order valence-corrected chi connectivity index (χ4v) is 5.84. The first kappa shape index (κ1) is 17.4. The van der Waals surface area contributed by atoms with Gasteiger partial charge in [-0.2, -0.15) is 0 Å². The number of hydrogen-bond donors (Lipinski definition) is 0. The summed E-state index contributed by atoms with van der Waals surface area (Å²) in [6.45, 7) is 4.51. The van der Waals surface area contributed by atoms with Crippen molar-refractivity contribution in [2.45, 2.75) is 36.9 Å². The van der Waals surface area contributed by atoms with Gasteiger partial charge in [-0.05, 0) is 55.7 Å². The minimum Gasteiger partial charge on any atom is -0.379 e. The van der Waals surface area contributed by atoms with E-state index in [1.807, 2.05) is 13.0 Å². The lowest BCUT2D eigenvalue weighted by molar-refractivity contribution is 0.194. The Morgan fingerprint density at radius 2 is 2.12 bits per heavy atom. The van der Waals surface area contributed by atoms with E-state index in [0.29, 0.717) is 35.1 Å². The molecule has 0 aliphatic carbocycles. The van der Waals surface area contributed by atoms with Crippen molar-refractivity contribution in [1.29, 1.82) is 0 Å². The fraction of sp³-hybridized carbons (Fsp3) is 0.412. The standard InChI is InChI=1S/C17H20FNO3S2/c1-3-15-5-7-17(23-15)24(20,21)19(14-8-9-22-11-14)13-4-6-16(18)12(2)10-13/h4-7,10,14H,3,8-9,11H2,1-2H3/t14-/m0/s1. The molecule has 1 aromatic heterocycles. The van der Waals surface area contributed by atoms with Gasteiger partial charge >= 0.3 is 0 Å². The summed E-state index contributed by atoms with van der Waals surface area (Å²) in [5, 5.41) is 0. The van der Waals surface area contributed by atoms with Crippen LogP contribution in [-0.4, -0.2) is 27.7 Å². The molecular weight excluding hydrogens is 349 g/mol. The largest absolute Gasteiger partial charge is 0.379 e. The number of sulfonamides is 1. The monoisotopic (exact) mass is 369 g/mol. The second-order valence-electron chi connectivity index (χ2n) is 5.83. The highest BCUT2D eigenvalue weighted by Gasteiger charge is 2.35. The Morgan fingerprint density at radius 1 is 1.33 bits per heavy atom. The van der Waals surface area contributed by atoms with Crippen molar-refractivity contribution >= 4 is 27.0 Å². The summed E-state index contributed by atoms with van der Waals surface area (Å²) in [4.78, 5) is 1.02. The van der Waals surface area contributed by atoms with Gasteiger partial charge in [-0.25, -0.2) is 12.8 Å². The molecular formula is C17H20FNO3S2. The molecule has 0 amide bonds. The number of halogens is 1. The number of anilines is 1. The Kier molecular flexibility index (Phi) is 4.94. The number of aryl methyl sites for hydroxylation is 2. The van der Waals surface area contributed by atoms with Crippen molar-refractivity contribution in [1.82, 2.24) is 0 Å². The molecule has 130 valence electrons. The lowest BCUT2D eigenvalue weighted by Gasteiger charge is -2.29. The van der Waals surface area contributed by atoms with Crippen LogP contribution in [-0.2, 0) is 21.2 Å². The zero-order valence-electron chi connectivity index (χ0n) is 13.7. The number of thiophene rings is 1. The average molecular weight is 369 g/mol. The SMILES string of the molecule is CCc1ccc(S(=O)(=O)N(c2ccc(F)c(C)c2)[C@H]2CCOC2)s1. The van der Waals surface area contributed by atoms with Gasteiger partial charge in [0.2, 0.25) is 0 Å². The van der Waals surface area contributed by atoms with E-state index in [-0.39, 0.29) is 11.9 Å². The van der Waals surface area contributed by atoms with Gasteiger partial charge in [-0.3, -0.25) is 4.31 Å². The van der Waals surface area contributed by atoms with Gasteiger partial charge in [-0.15, -0.1) is 11.3 Å². The lowest BCUT2D eigenvalue weighted by Crippen LogP contribution is -2.40. The second kappa shape index (κ2) is 6.82. The molecule has 1 aromatic carbocycles. The Bertz CT molecular complexity index is 826. The Hall–Kier alpha value is -1.44. The summed E-state index contributed by atoms with van der Waals surface area (Å²) in [5.41, 5.74) is 0.905. The molecule has 0 spiro atoms. The molecule has 3 rings (SSSR count). The minimum absolute atomic E-state index is 0.271. The van der Waals surface area contributed by atoms with Gasteiger partial charge in [0.1, 0.15) is 10.0 Å². The van der Waals surface area contributed by atoms with Crippen molar-refractivity contribution in [3.8, 4) is 0 Å². The van der Waals surface area contributed by atoms with Crippen LogP contribution in [0.3, 0.4) is 0 Å². The maximum absolute atomic E-state index is 13.6. The molecule has 7 heteroatoms. The van der Waals surface area contributed by atoms with Gasteiger partial charge in [0.05, 0.1) is 18.3 Å². The quantitative estimate of drug-likeness (QED) is 0.807. The van der Waals surface area contributed by atoms with Crippen molar-refractivity contribution in [3.63, 3.8) is 0 Å². The second-order valence-corrected chi connectivity index (χ2v) is 9.04. The Labute approximate surface area is 145 Å². The number of benzene rings is 1. The third kappa shape index (κ3) is 3.20. The molecule has 4 nitrogen and oxygen atoms in total. The average Bonchev–Trinajstić information content (AvgIpc) is 3.22. The maximum atomic E-state index is 13.6. The summed E-state index contributed by atoms with van der Waals surface area (Å²) in [7, 11) is -3.71. The molecule has 1 saturated heterocycles. The maximum Gasteiger partial charge on any atom is 0.274 e. The molecule has 1 fully saturated rings. The molecule has 0 saturated carbocycles. The fourth-order valence-electron chi connectivity index (χ4n) is 2.80. The topological polar surface area (TPSA) is 46.6 Å². The van der Waals surface area contributed by atoms with E-state index in [9.17, 15) is 12.8 Å². The van der Waals surface area contributed by atoms with Crippen LogP contribution in [0, 0.1) is 12.7 Å². The van der Waals surface area contributed by atoms with Gasteiger partial charge in [0, 0.05) is 11.5 Å². The Morgan fingerprint density at radius 3 is 2.71 bits per heavy atom. The van der Waals surface area contributed by atoms with Crippen LogP contribution < -0.4 is 4.31 Å². The number of hydrogen-bond acceptors (Lipinski definition) is 4. The van der Waals surface area contributed by atoms with Crippen LogP contribution in [0.2, 0.25) is 0 Å². The predicted molar refractivity (Wildman–Crippen MR) is 93.7 cm³/mol. The predicted octanol–water partition coefficient (Wildman–Crippen LogP) is 3.74. The lowest BCUT2D eigenvalue weighted by atomic mass is 10.2. The first-order valence-electron chi connectivity index (χ1n) is 7.90. The van der Waals surface area contributed by atoms with Crippen LogP contribution in [0.1, 0.15) is 23.8 Å². The third-order valence-electron chi connectivity index (χ3n) is 4.13. The molecule has 1 aliphatic heterocycles. The molecule has 2 heterocycles. The molecule has 1 atom stereocenters.